The van der Waals surface area contributed by atoms with Gasteiger partial charge in [0.25, 0.3) is 0 Å². The summed E-state index contributed by atoms with van der Waals surface area (Å²) in [5, 5.41) is 3.00. The van der Waals surface area contributed by atoms with Crippen LogP contribution in [-0.2, 0) is 17.8 Å². The van der Waals surface area contributed by atoms with Crippen LogP contribution < -0.4 is 14.8 Å². The van der Waals surface area contributed by atoms with Gasteiger partial charge >= 0.3 is 0 Å². The minimum absolute atomic E-state index is 0.0917. The fourth-order valence-corrected chi connectivity index (χ4v) is 4.04. The standard InChI is InChI=1S/C22H27FN2O3/c1-14(24-15(2)26)22-18-12-21(28-4)20(27-3)11-16(18)9-10-25(22)13-17-7-5-6-8-19(17)23/h5-8,11-12,14,22H,9-10,13H2,1-4H3,(H,24,26)/t14-,22+/m1/s1. The Bertz CT molecular complexity index is 856. The predicted molar refractivity (Wildman–Crippen MR) is 106 cm³/mol. The Labute approximate surface area is 165 Å². The van der Waals surface area contributed by atoms with E-state index >= 15 is 0 Å². The number of rotatable bonds is 6. The Balaban J connectivity index is 2.02. The average molecular weight is 386 g/mol. The molecule has 150 valence electrons. The van der Waals surface area contributed by atoms with Gasteiger partial charge in [-0.25, -0.2) is 4.39 Å². The molecule has 1 aliphatic rings. The lowest BCUT2D eigenvalue weighted by Gasteiger charge is -2.41. The zero-order valence-corrected chi connectivity index (χ0v) is 16.8. The molecule has 0 spiro atoms. The van der Waals surface area contributed by atoms with Gasteiger partial charge in [-0.3, -0.25) is 9.69 Å². The van der Waals surface area contributed by atoms with Crippen molar-refractivity contribution in [2.24, 2.45) is 0 Å². The molecule has 28 heavy (non-hydrogen) atoms. The minimum Gasteiger partial charge on any atom is -0.493 e. The van der Waals surface area contributed by atoms with Crippen molar-refractivity contribution in [3.8, 4) is 11.5 Å². The number of amides is 1. The van der Waals surface area contributed by atoms with Gasteiger partial charge in [-0.1, -0.05) is 18.2 Å². The van der Waals surface area contributed by atoms with Crippen LogP contribution in [0.4, 0.5) is 4.39 Å². The molecule has 5 nitrogen and oxygen atoms in total. The summed E-state index contributed by atoms with van der Waals surface area (Å²) in [7, 11) is 3.23. The number of ether oxygens (including phenoxy) is 2. The fourth-order valence-electron chi connectivity index (χ4n) is 4.04. The zero-order chi connectivity index (χ0) is 20.3. The van der Waals surface area contributed by atoms with Crippen molar-refractivity contribution in [3.63, 3.8) is 0 Å². The molecule has 1 N–H and O–H groups in total. The first-order valence-corrected chi connectivity index (χ1v) is 9.44. The van der Waals surface area contributed by atoms with Gasteiger partial charge in [-0.2, -0.15) is 0 Å². The Hall–Kier alpha value is -2.60. The number of nitrogens with zero attached hydrogens (tertiary/aromatic N) is 1. The SMILES string of the molecule is COc1cc2c(cc1OC)[C@H]([C@@H](C)NC(C)=O)N(Cc1ccccc1F)CC2. The molecule has 0 saturated heterocycles. The molecule has 2 aromatic carbocycles. The first-order chi connectivity index (χ1) is 13.4. The molecule has 2 aromatic rings. The van der Waals surface area contributed by atoms with E-state index in [-0.39, 0.29) is 23.8 Å². The van der Waals surface area contributed by atoms with Crippen LogP contribution in [0.25, 0.3) is 0 Å². The highest BCUT2D eigenvalue weighted by Crippen LogP contribution is 2.40. The maximum Gasteiger partial charge on any atom is 0.217 e. The third kappa shape index (κ3) is 4.12. The van der Waals surface area contributed by atoms with Crippen LogP contribution in [0.5, 0.6) is 11.5 Å². The first kappa shape index (κ1) is 20.1. The van der Waals surface area contributed by atoms with E-state index in [1.54, 1.807) is 26.4 Å². The molecule has 0 aromatic heterocycles. The third-order valence-electron chi connectivity index (χ3n) is 5.26. The molecule has 0 saturated carbocycles. The second kappa shape index (κ2) is 8.61. The molecule has 1 heterocycles. The van der Waals surface area contributed by atoms with E-state index < -0.39 is 0 Å². The Kier molecular flexibility index (Phi) is 6.19. The summed E-state index contributed by atoms with van der Waals surface area (Å²) >= 11 is 0. The predicted octanol–water partition coefficient (Wildman–Crippen LogP) is 3.47. The van der Waals surface area contributed by atoms with E-state index in [1.807, 2.05) is 25.1 Å². The van der Waals surface area contributed by atoms with Gasteiger partial charge in [-0.05, 0) is 42.7 Å². The number of halogens is 1. The van der Waals surface area contributed by atoms with E-state index in [0.29, 0.717) is 23.6 Å². The topological polar surface area (TPSA) is 50.8 Å². The summed E-state index contributed by atoms with van der Waals surface area (Å²) in [4.78, 5) is 13.9. The lowest BCUT2D eigenvalue weighted by atomic mass is 9.87. The summed E-state index contributed by atoms with van der Waals surface area (Å²) in [6, 6.07) is 10.5. The largest absolute Gasteiger partial charge is 0.493 e. The summed E-state index contributed by atoms with van der Waals surface area (Å²) < 4.78 is 25.2. The maximum absolute atomic E-state index is 14.3. The molecule has 0 aliphatic carbocycles. The number of hydrogen-bond acceptors (Lipinski definition) is 4. The number of carbonyl (C=O) groups excluding carboxylic acids is 1. The van der Waals surface area contributed by atoms with Crippen molar-refractivity contribution in [3.05, 3.63) is 58.9 Å². The van der Waals surface area contributed by atoms with Gasteiger partial charge in [-0.15, -0.1) is 0 Å². The van der Waals surface area contributed by atoms with Crippen LogP contribution in [0.3, 0.4) is 0 Å². The first-order valence-electron chi connectivity index (χ1n) is 9.44. The third-order valence-corrected chi connectivity index (χ3v) is 5.26. The molecule has 0 radical (unpaired) electrons. The van der Waals surface area contributed by atoms with Crippen molar-refractivity contribution in [1.82, 2.24) is 10.2 Å². The van der Waals surface area contributed by atoms with E-state index in [1.165, 1.54) is 13.0 Å². The lowest BCUT2D eigenvalue weighted by Crippen LogP contribution is -2.47. The molecule has 3 rings (SSSR count). The van der Waals surface area contributed by atoms with Crippen molar-refractivity contribution >= 4 is 5.91 Å². The Morgan fingerprint density at radius 3 is 2.57 bits per heavy atom. The molecule has 2 atom stereocenters. The van der Waals surface area contributed by atoms with Gasteiger partial charge in [0.1, 0.15) is 5.82 Å². The molecule has 0 bridgehead atoms. The lowest BCUT2D eigenvalue weighted by molar-refractivity contribution is -0.120. The van der Waals surface area contributed by atoms with Gasteiger partial charge < -0.3 is 14.8 Å². The number of benzene rings is 2. The normalized spacial score (nSPS) is 17.5. The summed E-state index contributed by atoms with van der Waals surface area (Å²) in [6.07, 6.45) is 0.813. The molecule has 6 heteroatoms. The van der Waals surface area contributed by atoms with E-state index in [2.05, 4.69) is 10.2 Å². The molecular weight excluding hydrogens is 359 g/mol. The van der Waals surface area contributed by atoms with Gasteiger partial charge in [0.05, 0.1) is 20.3 Å². The molecular formula is C22H27FN2O3. The van der Waals surface area contributed by atoms with Crippen LogP contribution in [0.2, 0.25) is 0 Å². The second-order valence-corrected chi connectivity index (χ2v) is 7.15. The van der Waals surface area contributed by atoms with Crippen LogP contribution in [0.15, 0.2) is 36.4 Å². The van der Waals surface area contributed by atoms with Crippen LogP contribution in [0.1, 0.15) is 36.6 Å². The van der Waals surface area contributed by atoms with Crippen molar-refractivity contribution < 1.29 is 18.7 Å². The summed E-state index contributed by atoms with van der Waals surface area (Å²) in [5.74, 6) is 1.03. The number of hydrogen-bond donors (Lipinski definition) is 1. The van der Waals surface area contributed by atoms with Crippen molar-refractivity contribution in [2.45, 2.75) is 38.9 Å². The van der Waals surface area contributed by atoms with Gasteiger partial charge in [0.15, 0.2) is 11.5 Å². The zero-order valence-electron chi connectivity index (χ0n) is 16.8. The summed E-state index contributed by atoms with van der Waals surface area (Å²) in [6.45, 7) is 4.71. The highest BCUT2D eigenvalue weighted by molar-refractivity contribution is 5.73. The maximum atomic E-state index is 14.3. The van der Waals surface area contributed by atoms with Crippen LogP contribution in [0, 0.1) is 5.82 Å². The Morgan fingerprint density at radius 1 is 1.25 bits per heavy atom. The summed E-state index contributed by atoms with van der Waals surface area (Å²) in [5.41, 5.74) is 2.87. The number of carbonyl (C=O) groups is 1. The van der Waals surface area contributed by atoms with E-state index in [9.17, 15) is 9.18 Å². The monoisotopic (exact) mass is 386 g/mol. The molecule has 1 aliphatic heterocycles. The van der Waals surface area contributed by atoms with Crippen LogP contribution >= 0.6 is 0 Å². The van der Waals surface area contributed by atoms with Gasteiger partial charge in [0.2, 0.25) is 5.91 Å². The highest BCUT2D eigenvalue weighted by Gasteiger charge is 2.33. The Morgan fingerprint density at radius 2 is 1.93 bits per heavy atom. The van der Waals surface area contributed by atoms with E-state index in [0.717, 1.165) is 24.1 Å². The molecule has 1 amide bonds. The highest BCUT2D eigenvalue weighted by atomic mass is 19.1. The van der Waals surface area contributed by atoms with Crippen LogP contribution in [-0.4, -0.2) is 37.6 Å². The number of nitrogens with one attached hydrogen (secondary N) is 1. The van der Waals surface area contributed by atoms with Crippen molar-refractivity contribution in [2.75, 3.05) is 20.8 Å². The number of methoxy groups -OCH3 is 2. The molecule has 0 unspecified atom stereocenters. The quantitative estimate of drug-likeness (QED) is 0.826. The van der Waals surface area contributed by atoms with E-state index in [4.69, 9.17) is 9.47 Å². The fraction of sp³-hybridized carbons (Fsp3) is 0.409. The van der Waals surface area contributed by atoms with Crippen molar-refractivity contribution in [1.29, 1.82) is 0 Å². The second-order valence-electron chi connectivity index (χ2n) is 7.15. The minimum atomic E-state index is -0.216. The van der Waals surface area contributed by atoms with Gasteiger partial charge in [0, 0.05) is 31.6 Å². The number of fused-ring (bicyclic) bond motifs is 1. The smallest absolute Gasteiger partial charge is 0.217 e. The average Bonchev–Trinajstić information content (AvgIpc) is 2.67. The molecule has 0 fully saturated rings.